The summed E-state index contributed by atoms with van der Waals surface area (Å²) in [6.07, 6.45) is 0.498. The van der Waals surface area contributed by atoms with Crippen molar-refractivity contribution in [3.63, 3.8) is 0 Å². The number of ketones is 1. The number of carbonyl (C=O) groups is 1. The largest absolute Gasteiger partial charge is 0.479 e. The fourth-order valence-corrected chi connectivity index (χ4v) is 1.06. The first kappa shape index (κ1) is 10.3. The molecule has 0 saturated carbocycles. The molecule has 1 aromatic carbocycles. The number of rotatable bonds is 4. The van der Waals surface area contributed by atoms with Gasteiger partial charge in [0.15, 0.2) is 12.4 Å². The molecule has 3 heteroatoms. The monoisotopic (exact) mass is 189 g/mol. The van der Waals surface area contributed by atoms with E-state index >= 15 is 0 Å². The number of benzene rings is 1. The maximum atomic E-state index is 11.2. The average Bonchev–Trinajstić information content (AvgIpc) is 2.26. The summed E-state index contributed by atoms with van der Waals surface area (Å²) in [4.78, 5) is 11.2. The zero-order valence-electron chi connectivity index (χ0n) is 7.99. The summed E-state index contributed by atoms with van der Waals surface area (Å²) in [5.41, 5.74) is 0.678. The van der Waals surface area contributed by atoms with Crippen LogP contribution in [0.3, 0.4) is 0 Å². The minimum Gasteiger partial charge on any atom is -0.479 e. The van der Waals surface area contributed by atoms with E-state index in [1.165, 1.54) is 0 Å². The summed E-state index contributed by atoms with van der Waals surface area (Å²) >= 11 is 0. The molecule has 0 N–H and O–H groups in total. The lowest BCUT2D eigenvalue weighted by atomic mass is 10.1. The Hall–Kier alpha value is -1.82. The van der Waals surface area contributed by atoms with Gasteiger partial charge in [-0.25, -0.2) is 0 Å². The smallest absolute Gasteiger partial charge is 0.174 e. The molecule has 0 unspecified atom stereocenters. The molecule has 72 valence electrons. The van der Waals surface area contributed by atoms with Gasteiger partial charge in [0.1, 0.15) is 11.8 Å². The van der Waals surface area contributed by atoms with Gasteiger partial charge in [-0.3, -0.25) is 4.79 Å². The Morgan fingerprint density at radius 3 is 2.57 bits per heavy atom. The van der Waals surface area contributed by atoms with E-state index < -0.39 is 0 Å². The summed E-state index contributed by atoms with van der Waals surface area (Å²) in [7, 11) is 0. The Labute approximate surface area is 82.9 Å². The molecular weight excluding hydrogens is 178 g/mol. The highest BCUT2D eigenvalue weighted by molar-refractivity contribution is 5.95. The Kier molecular flexibility index (Phi) is 3.69. The molecule has 0 aliphatic heterocycles. The van der Waals surface area contributed by atoms with Crippen molar-refractivity contribution in [2.75, 3.05) is 6.61 Å². The van der Waals surface area contributed by atoms with E-state index in [-0.39, 0.29) is 12.4 Å². The molecule has 0 fully saturated rings. The number of ether oxygens (including phenoxy) is 1. The van der Waals surface area contributed by atoms with Crippen molar-refractivity contribution >= 4 is 5.78 Å². The third-order valence-corrected chi connectivity index (χ3v) is 1.80. The maximum Gasteiger partial charge on any atom is 0.174 e. The standard InChI is InChI=1S/C11H11NO2/c1-2-11(13)9-3-5-10(6-4-9)14-8-7-12/h3-6H,2,8H2,1H3. The van der Waals surface area contributed by atoms with Crippen molar-refractivity contribution in [2.24, 2.45) is 0 Å². The van der Waals surface area contributed by atoms with Crippen LogP contribution in [0, 0.1) is 11.3 Å². The van der Waals surface area contributed by atoms with Crippen LogP contribution in [0.25, 0.3) is 0 Å². The fourth-order valence-electron chi connectivity index (χ4n) is 1.06. The lowest BCUT2D eigenvalue weighted by molar-refractivity contribution is 0.0988. The Balaban J connectivity index is 2.69. The number of hydrogen-bond donors (Lipinski definition) is 0. The van der Waals surface area contributed by atoms with Crippen molar-refractivity contribution < 1.29 is 9.53 Å². The highest BCUT2D eigenvalue weighted by Crippen LogP contribution is 2.13. The van der Waals surface area contributed by atoms with E-state index in [4.69, 9.17) is 10.00 Å². The van der Waals surface area contributed by atoms with Crippen LogP contribution >= 0.6 is 0 Å². The lowest BCUT2D eigenvalue weighted by Gasteiger charge is -2.02. The van der Waals surface area contributed by atoms with Crippen LogP contribution in [-0.2, 0) is 0 Å². The van der Waals surface area contributed by atoms with Crippen molar-refractivity contribution in [3.8, 4) is 11.8 Å². The molecular formula is C11H11NO2. The maximum absolute atomic E-state index is 11.2. The predicted octanol–water partition coefficient (Wildman–Crippen LogP) is 2.18. The molecule has 1 rings (SSSR count). The van der Waals surface area contributed by atoms with Gasteiger partial charge in [0.05, 0.1) is 0 Å². The quantitative estimate of drug-likeness (QED) is 0.682. The molecule has 0 saturated heterocycles. The third-order valence-electron chi connectivity index (χ3n) is 1.80. The van der Waals surface area contributed by atoms with Crippen LogP contribution in [0.5, 0.6) is 5.75 Å². The van der Waals surface area contributed by atoms with Gasteiger partial charge in [0.25, 0.3) is 0 Å². The van der Waals surface area contributed by atoms with Crippen molar-refractivity contribution in [3.05, 3.63) is 29.8 Å². The molecule has 0 atom stereocenters. The van der Waals surface area contributed by atoms with E-state index in [1.54, 1.807) is 24.3 Å². The van der Waals surface area contributed by atoms with E-state index in [1.807, 2.05) is 13.0 Å². The van der Waals surface area contributed by atoms with Gasteiger partial charge in [-0.2, -0.15) is 5.26 Å². The highest BCUT2D eigenvalue weighted by Gasteiger charge is 2.02. The van der Waals surface area contributed by atoms with Gasteiger partial charge in [-0.1, -0.05) is 6.92 Å². The molecule has 0 spiro atoms. The van der Waals surface area contributed by atoms with Gasteiger partial charge < -0.3 is 4.74 Å². The van der Waals surface area contributed by atoms with E-state index in [2.05, 4.69) is 0 Å². The van der Waals surface area contributed by atoms with Crippen molar-refractivity contribution in [1.82, 2.24) is 0 Å². The normalized spacial score (nSPS) is 9.14. The van der Waals surface area contributed by atoms with Crippen LogP contribution in [0.1, 0.15) is 23.7 Å². The van der Waals surface area contributed by atoms with Gasteiger partial charge in [0.2, 0.25) is 0 Å². The van der Waals surface area contributed by atoms with Crippen LogP contribution < -0.4 is 4.74 Å². The van der Waals surface area contributed by atoms with Crippen LogP contribution in [-0.4, -0.2) is 12.4 Å². The SMILES string of the molecule is CCC(=O)c1ccc(OCC#N)cc1. The number of carbonyl (C=O) groups excluding carboxylic acids is 1. The molecule has 0 aliphatic rings. The summed E-state index contributed by atoms with van der Waals surface area (Å²) in [6, 6.07) is 8.68. The number of nitrogens with zero attached hydrogens (tertiary/aromatic N) is 1. The molecule has 0 amide bonds. The summed E-state index contributed by atoms with van der Waals surface area (Å²) < 4.78 is 5.05. The zero-order chi connectivity index (χ0) is 10.4. The minimum absolute atomic E-state index is 0.0288. The summed E-state index contributed by atoms with van der Waals surface area (Å²) in [5.74, 6) is 0.719. The third kappa shape index (κ3) is 2.60. The van der Waals surface area contributed by atoms with Gasteiger partial charge in [0, 0.05) is 12.0 Å². The molecule has 0 aliphatic carbocycles. The van der Waals surface area contributed by atoms with E-state index in [0.29, 0.717) is 17.7 Å². The highest BCUT2D eigenvalue weighted by atomic mass is 16.5. The number of hydrogen-bond acceptors (Lipinski definition) is 3. The van der Waals surface area contributed by atoms with Crippen LogP contribution in [0.2, 0.25) is 0 Å². The lowest BCUT2D eigenvalue weighted by Crippen LogP contribution is -1.97. The second-order valence-electron chi connectivity index (χ2n) is 2.75. The molecule has 14 heavy (non-hydrogen) atoms. The van der Waals surface area contributed by atoms with Gasteiger partial charge >= 0.3 is 0 Å². The van der Waals surface area contributed by atoms with Crippen molar-refractivity contribution in [2.45, 2.75) is 13.3 Å². The topological polar surface area (TPSA) is 50.1 Å². The van der Waals surface area contributed by atoms with Crippen molar-refractivity contribution in [1.29, 1.82) is 5.26 Å². The summed E-state index contributed by atoms with van der Waals surface area (Å²) in [6.45, 7) is 1.85. The molecule has 0 bridgehead atoms. The first-order valence-corrected chi connectivity index (χ1v) is 4.41. The Bertz CT molecular complexity index is 349. The first-order valence-electron chi connectivity index (χ1n) is 4.41. The second kappa shape index (κ2) is 5.03. The predicted molar refractivity (Wildman–Crippen MR) is 52.2 cm³/mol. The minimum atomic E-state index is 0.0288. The molecule has 0 radical (unpaired) electrons. The average molecular weight is 189 g/mol. The van der Waals surface area contributed by atoms with Gasteiger partial charge in [-0.05, 0) is 24.3 Å². The van der Waals surface area contributed by atoms with Crippen LogP contribution in [0.15, 0.2) is 24.3 Å². The number of Topliss-reactive ketones (excluding diaryl/α,β-unsaturated/α-hetero) is 1. The van der Waals surface area contributed by atoms with E-state index in [9.17, 15) is 4.79 Å². The Morgan fingerprint density at radius 2 is 2.07 bits per heavy atom. The van der Waals surface area contributed by atoms with E-state index in [0.717, 1.165) is 0 Å². The molecule has 0 heterocycles. The fraction of sp³-hybridized carbons (Fsp3) is 0.273. The summed E-state index contributed by atoms with van der Waals surface area (Å²) in [5, 5.41) is 8.28. The molecule has 1 aromatic rings. The number of nitriles is 1. The van der Waals surface area contributed by atoms with Crippen LogP contribution in [0.4, 0.5) is 0 Å². The second-order valence-corrected chi connectivity index (χ2v) is 2.75. The first-order chi connectivity index (χ1) is 6.77. The Morgan fingerprint density at radius 1 is 1.43 bits per heavy atom. The molecule has 0 aromatic heterocycles. The zero-order valence-corrected chi connectivity index (χ0v) is 7.99. The molecule has 3 nitrogen and oxygen atoms in total. The van der Waals surface area contributed by atoms with Gasteiger partial charge in [-0.15, -0.1) is 0 Å².